The molecule has 0 N–H and O–H groups in total. The SMILES string of the molecule is O=S(=O)(C[C@H]1CCOCC1COc1ccc(-c2ccc(F)cn2)cc1F)C1CC1. The zero-order valence-corrected chi connectivity index (χ0v) is 16.7. The van der Waals surface area contributed by atoms with Gasteiger partial charge in [0, 0.05) is 18.1 Å². The molecule has 2 aliphatic rings. The number of hydrogen-bond donors (Lipinski definition) is 0. The van der Waals surface area contributed by atoms with Gasteiger partial charge in [0.25, 0.3) is 0 Å². The Labute approximate surface area is 169 Å². The van der Waals surface area contributed by atoms with Crippen molar-refractivity contribution in [2.75, 3.05) is 25.6 Å². The van der Waals surface area contributed by atoms with Gasteiger partial charge in [-0.15, -0.1) is 0 Å². The average molecular weight is 423 g/mol. The van der Waals surface area contributed by atoms with E-state index in [2.05, 4.69) is 4.98 Å². The number of nitrogens with zero attached hydrogens (tertiary/aromatic N) is 1. The van der Waals surface area contributed by atoms with E-state index in [1.165, 1.54) is 24.3 Å². The minimum atomic E-state index is -3.07. The quantitative estimate of drug-likeness (QED) is 0.680. The lowest BCUT2D eigenvalue weighted by atomic mass is 9.91. The number of sulfone groups is 1. The van der Waals surface area contributed by atoms with Gasteiger partial charge in [-0.2, -0.15) is 0 Å². The Morgan fingerprint density at radius 1 is 1.10 bits per heavy atom. The summed E-state index contributed by atoms with van der Waals surface area (Å²) in [4.78, 5) is 3.95. The maximum atomic E-state index is 14.5. The fourth-order valence-electron chi connectivity index (χ4n) is 3.63. The van der Waals surface area contributed by atoms with Crippen molar-refractivity contribution in [3.05, 3.63) is 48.2 Å². The second kappa shape index (κ2) is 8.36. The van der Waals surface area contributed by atoms with Crippen LogP contribution in [0.1, 0.15) is 19.3 Å². The second-order valence-corrected chi connectivity index (χ2v) is 10.1. The van der Waals surface area contributed by atoms with Crippen LogP contribution in [0, 0.1) is 23.5 Å². The molecule has 2 fully saturated rings. The number of aromatic nitrogens is 1. The molecule has 0 amide bonds. The smallest absolute Gasteiger partial charge is 0.165 e. The fraction of sp³-hybridized carbons (Fsp3) is 0.476. The van der Waals surface area contributed by atoms with Crippen molar-refractivity contribution in [3.8, 4) is 17.0 Å². The summed E-state index contributed by atoms with van der Waals surface area (Å²) >= 11 is 0. The van der Waals surface area contributed by atoms with Gasteiger partial charge in [0.1, 0.15) is 5.82 Å². The summed E-state index contributed by atoms with van der Waals surface area (Å²) < 4.78 is 63.4. The minimum absolute atomic E-state index is 0.0416. The first-order valence-electron chi connectivity index (χ1n) is 9.76. The predicted octanol–water partition coefficient (Wildman–Crippen LogP) is 3.64. The van der Waals surface area contributed by atoms with Crippen LogP contribution in [0.4, 0.5) is 8.78 Å². The average Bonchev–Trinajstić information content (AvgIpc) is 3.54. The van der Waals surface area contributed by atoms with Crippen LogP contribution in [0.5, 0.6) is 5.75 Å². The van der Waals surface area contributed by atoms with Gasteiger partial charge in [-0.25, -0.2) is 17.2 Å². The number of benzene rings is 1. The molecule has 4 rings (SSSR count). The maximum Gasteiger partial charge on any atom is 0.165 e. The molecule has 0 radical (unpaired) electrons. The predicted molar refractivity (Wildman–Crippen MR) is 104 cm³/mol. The van der Waals surface area contributed by atoms with Crippen LogP contribution >= 0.6 is 0 Å². The first kappa shape index (κ1) is 20.2. The van der Waals surface area contributed by atoms with Crippen LogP contribution in [0.3, 0.4) is 0 Å². The Morgan fingerprint density at radius 3 is 2.62 bits per heavy atom. The van der Waals surface area contributed by atoms with Crippen LogP contribution in [0.2, 0.25) is 0 Å². The van der Waals surface area contributed by atoms with Crippen LogP contribution in [-0.4, -0.2) is 44.2 Å². The topological polar surface area (TPSA) is 65.5 Å². The molecule has 1 unspecified atom stereocenters. The van der Waals surface area contributed by atoms with Gasteiger partial charge < -0.3 is 9.47 Å². The molecular formula is C21H23F2NO4S. The third kappa shape index (κ3) is 4.93. The second-order valence-electron chi connectivity index (χ2n) is 7.73. The lowest BCUT2D eigenvalue weighted by Crippen LogP contribution is -2.36. The molecule has 1 aliphatic carbocycles. The van der Waals surface area contributed by atoms with E-state index >= 15 is 0 Å². The standard InChI is InChI=1S/C21H23F2NO4S/c22-17-2-5-20(24-10-17)14-1-6-21(19(23)9-14)28-12-16-11-27-8-7-15(16)13-29(25,26)18-3-4-18/h1-2,5-6,9-10,15-16,18H,3-4,7-8,11-13H2/t15-,16?/m1/s1. The number of rotatable bonds is 7. The number of ether oxygens (including phenoxy) is 2. The van der Waals surface area contributed by atoms with Gasteiger partial charge in [0.2, 0.25) is 0 Å². The Hall–Kier alpha value is -2.06. The number of hydrogen-bond acceptors (Lipinski definition) is 5. The normalized spacial score (nSPS) is 22.4. The van der Waals surface area contributed by atoms with E-state index in [1.807, 2.05) is 0 Å². The van der Waals surface area contributed by atoms with Crippen molar-refractivity contribution < 1.29 is 26.7 Å². The van der Waals surface area contributed by atoms with E-state index in [9.17, 15) is 17.2 Å². The first-order chi connectivity index (χ1) is 13.9. The van der Waals surface area contributed by atoms with E-state index in [0.29, 0.717) is 30.9 Å². The third-order valence-electron chi connectivity index (χ3n) is 5.52. The molecule has 2 atom stereocenters. The van der Waals surface area contributed by atoms with Gasteiger partial charge in [-0.3, -0.25) is 4.98 Å². The van der Waals surface area contributed by atoms with Crippen molar-refractivity contribution in [2.45, 2.75) is 24.5 Å². The largest absolute Gasteiger partial charge is 0.490 e. The van der Waals surface area contributed by atoms with E-state index in [-0.39, 0.29) is 35.2 Å². The minimum Gasteiger partial charge on any atom is -0.490 e. The summed E-state index contributed by atoms with van der Waals surface area (Å²) in [6, 6.07) is 7.21. The highest BCUT2D eigenvalue weighted by atomic mass is 32.2. The molecule has 5 nitrogen and oxygen atoms in total. The van der Waals surface area contributed by atoms with Crippen molar-refractivity contribution in [1.29, 1.82) is 0 Å². The Kier molecular flexibility index (Phi) is 5.83. The van der Waals surface area contributed by atoms with Gasteiger partial charge in [-0.1, -0.05) is 0 Å². The van der Waals surface area contributed by atoms with Gasteiger partial charge >= 0.3 is 0 Å². The first-order valence-corrected chi connectivity index (χ1v) is 11.5. The Bertz CT molecular complexity index is 961. The van der Waals surface area contributed by atoms with Crippen molar-refractivity contribution in [3.63, 3.8) is 0 Å². The molecule has 2 heterocycles. The summed E-state index contributed by atoms with van der Waals surface area (Å²) in [5.74, 6) is -0.915. The molecule has 2 aromatic rings. The van der Waals surface area contributed by atoms with Gasteiger partial charge in [-0.05, 0) is 55.5 Å². The molecule has 8 heteroatoms. The highest BCUT2D eigenvalue weighted by Gasteiger charge is 2.39. The van der Waals surface area contributed by atoms with Crippen molar-refractivity contribution in [2.24, 2.45) is 11.8 Å². The lowest BCUT2D eigenvalue weighted by Gasteiger charge is -2.31. The highest BCUT2D eigenvalue weighted by molar-refractivity contribution is 7.92. The summed E-state index contributed by atoms with van der Waals surface area (Å²) in [7, 11) is -3.07. The lowest BCUT2D eigenvalue weighted by molar-refractivity contribution is 0.00391. The maximum absolute atomic E-state index is 14.5. The summed E-state index contributed by atoms with van der Waals surface area (Å²) in [5, 5.41) is -0.183. The number of halogens is 2. The zero-order chi connectivity index (χ0) is 20.4. The highest BCUT2D eigenvalue weighted by Crippen LogP contribution is 2.33. The van der Waals surface area contributed by atoms with Gasteiger partial charge in [0.05, 0.1) is 36.1 Å². The fourth-order valence-corrected chi connectivity index (χ4v) is 5.79. The van der Waals surface area contributed by atoms with Crippen LogP contribution in [0.25, 0.3) is 11.3 Å². The number of pyridine rings is 1. The molecule has 0 spiro atoms. The molecule has 1 saturated carbocycles. The third-order valence-corrected chi connectivity index (χ3v) is 7.90. The molecule has 156 valence electrons. The molecule has 1 aliphatic heterocycles. The molecule has 1 aromatic heterocycles. The molecule has 1 aromatic carbocycles. The van der Waals surface area contributed by atoms with E-state index in [4.69, 9.17) is 9.47 Å². The molecule has 1 saturated heterocycles. The molecule has 0 bridgehead atoms. The zero-order valence-electron chi connectivity index (χ0n) is 15.9. The molecular weight excluding hydrogens is 400 g/mol. The summed E-state index contributed by atoms with van der Waals surface area (Å²) in [6.45, 7) is 1.13. The van der Waals surface area contributed by atoms with Crippen molar-refractivity contribution >= 4 is 9.84 Å². The van der Waals surface area contributed by atoms with Crippen LogP contribution < -0.4 is 4.74 Å². The van der Waals surface area contributed by atoms with E-state index in [0.717, 1.165) is 19.0 Å². The Morgan fingerprint density at radius 2 is 1.93 bits per heavy atom. The monoisotopic (exact) mass is 423 g/mol. The molecule has 29 heavy (non-hydrogen) atoms. The van der Waals surface area contributed by atoms with Crippen LogP contribution in [0.15, 0.2) is 36.5 Å². The Balaban J connectivity index is 1.41. The summed E-state index contributed by atoms with van der Waals surface area (Å²) in [5.41, 5.74) is 0.979. The van der Waals surface area contributed by atoms with E-state index in [1.54, 1.807) is 6.07 Å². The van der Waals surface area contributed by atoms with E-state index < -0.39 is 21.5 Å². The van der Waals surface area contributed by atoms with Crippen LogP contribution in [-0.2, 0) is 14.6 Å². The van der Waals surface area contributed by atoms with Gasteiger partial charge in [0.15, 0.2) is 21.4 Å². The van der Waals surface area contributed by atoms with Crippen molar-refractivity contribution in [1.82, 2.24) is 4.98 Å². The summed E-state index contributed by atoms with van der Waals surface area (Å²) in [6.07, 6.45) is 3.26.